The fourth-order valence-electron chi connectivity index (χ4n) is 2.14. The van der Waals surface area contributed by atoms with Gasteiger partial charge in [-0.3, -0.25) is 0 Å². The predicted octanol–water partition coefficient (Wildman–Crippen LogP) is 3.88. The van der Waals surface area contributed by atoms with Crippen LogP contribution in [0.15, 0.2) is 34.9 Å². The summed E-state index contributed by atoms with van der Waals surface area (Å²) >= 11 is 3.29. The molecule has 0 saturated heterocycles. The number of aromatic nitrogens is 1. The van der Waals surface area contributed by atoms with E-state index in [0.29, 0.717) is 22.2 Å². The summed E-state index contributed by atoms with van der Waals surface area (Å²) in [6.07, 6.45) is 1.48. The summed E-state index contributed by atoms with van der Waals surface area (Å²) < 4.78 is 24.9. The molecule has 0 amide bonds. The first-order chi connectivity index (χ1) is 11.0. The highest BCUT2D eigenvalue weighted by Gasteiger charge is 2.22. The van der Waals surface area contributed by atoms with Gasteiger partial charge in [-0.05, 0) is 46.6 Å². The summed E-state index contributed by atoms with van der Waals surface area (Å²) in [6, 6.07) is 5.52. The third-order valence-electron chi connectivity index (χ3n) is 3.25. The van der Waals surface area contributed by atoms with Crippen LogP contribution in [0, 0.1) is 5.82 Å². The zero-order valence-electron chi connectivity index (χ0n) is 12.7. The van der Waals surface area contributed by atoms with Crippen molar-refractivity contribution in [2.24, 2.45) is 0 Å². The number of carbonyl (C=O) groups excluding carboxylic acids is 1. The van der Waals surface area contributed by atoms with Crippen LogP contribution in [0.3, 0.4) is 0 Å². The van der Waals surface area contributed by atoms with Crippen LogP contribution in [-0.2, 0) is 4.74 Å². The van der Waals surface area contributed by atoms with Gasteiger partial charge in [-0.25, -0.2) is 14.2 Å². The molecule has 1 heterocycles. The summed E-state index contributed by atoms with van der Waals surface area (Å²) in [5.41, 5.74) is 6.46. The van der Waals surface area contributed by atoms with Crippen molar-refractivity contribution in [3.63, 3.8) is 0 Å². The van der Waals surface area contributed by atoms with E-state index in [0.717, 1.165) is 0 Å². The lowest BCUT2D eigenvalue weighted by atomic mass is 10.00. The van der Waals surface area contributed by atoms with Crippen molar-refractivity contribution in [1.29, 1.82) is 0 Å². The normalized spacial score (nSPS) is 11.8. The van der Waals surface area contributed by atoms with E-state index in [4.69, 9.17) is 15.2 Å². The summed E-state index contributed by atoms with van der Waals surface area (Å²) in [5, 5.41) is 0. The summed E-state index contributed by atoms with van der Waals surface area (Å²) in [4.78, 5) is 15.9. The Hall–Kier alpha value is -2.15. The molecule has 1 aromatic carbocycles. The minimum absolute atomic E-state index is 0.211. The molecule has 7 heteroatoms. The molecule has 0 bridgehead atoms. The van der Waals surface area contributed by atoms with Gasteiger partial charge in [0, 0.05) is 16.2 Å². The van der Waals surface area contributed by atoms with E-state index >= 15 is 0 Å². The quantitative estimate of drug-likeness (QED) is 0.794. The van der Waals surface area contributed by atoms with Crippen LogP contribution in [-0.4, -0.2) is 18.1 Å². The Morgan fingerprint density at radius 1 is 1.43 bits per heavy atom. The SMILES string of the molecule is CC[C@H](Oc1cc(Br)cnc1N)c1cc(F)ccc1C(=O)OC. The second-order valence-electron chi connectivity index (χ2n) is 4.77. The van der Waals surface area contributed by atoms with E-state index in [1.54, 1.807) is 12.3 Å². The van der Waals surface area contributed by atoms with Crippen LogP contribution in [0.2, 0.25) is 0 Å². The number of esters is 1. The Morgan fingerprint density at radius 2 is 2.17 bits per heavy atom. The third-order valence-corrected chi connectivity index (χ3v) is 3.69. The molecule has 0 fully saturated rings. The van der Waals surface area contributed by atoms with Gasteiger partial charge in [0.1, 0.15) is 11.9 Å². The fourth-order valence-corrected chi connectivity index (χ4v) is 2.45. The van der Waals surface area contributed by atoms with Gasteiger partial charge in [-0.1, -0.05) is 6.92 Å². The molecule has 122 valence electrons. The molecule has 0 saturated carbocycles. The van der Waals surface area contributed by atoms with Gasteiger partial charge in [-0.2, -0.15) is 0 Å². The van der Waals surface area contributed by atoms with Crippen molar-refractivity contribution >= 4 is 27.7 Å². The zero-order chi connectivity index (χ0) is 17.0. The van der Waals surface area contributed by atoms with Crippen molar-refractivity contribution in [3.8, 4) is 5.75 Å². The van der Waals surface area contributed by atoms with Crippen LogP contribution in [0.4, 0.5) is 10.2 Å². The smallest absolute Gasteiger partial charge is 0.338 e. The number of nitrogens with zero attached hydrogens (tertiary/aromatic N) is 1. The number of methoxy groups -OCH3 is 1. The Kier molecular flexibility index (Phi) is 5.54. The molecule has 0 aliphatic rings. The lowest BCUT2D eigenvalue weighted by Gasteiger charge is -2.21. The lowest BCUT2D eigenvalue weighted by molar-refractivity contribution is 0.0594. The molecular weight excluding hydrogens is 367 g/mol. The van der Waals surface area contributed by atoms with Crippen molar-refractivity contribution in [2.75, 3.05) is 12.8 Å². The lowest BCUT2D eigenvalue weighted by Crippen LogP contribution is -2.14. The summed E-state index contributed by atoms with van der Waals surface area (Å²) in [5.74, 6) is -0.452. The zero-order valence-corrected chi connectivity index (χ0v) is 14.3. The van der Waals surface area contributed by atoms with Crippen LogP contribution >= 0.6 is 15.9 Å². The van der Waals surface area contributed by atoms with Crippen LogP contribution < -0.4 is 10.5 Å². The molecule has 0 aliphatic heterocycles. The molecule has 0 unspecified atom stereocenters. The molecule has 1 atom stereocenters. The number of hydrogen-bond donors (Lipinski definition) is 1. The standard InChI is InChI=1S/C16H16BrFN2O3/c1-3-13(23-14-6-9(17)8-20-15(14)19)12-7-10(18)4-5-11(12)16(21)22-2/h4-8,13H,3H2,1-2H3,(H2,19,20)/t13-/m0/s1. The van der Waals surface area contributed by atoms with E-state index in [9.17, 15) is 9.18 Å². The highest BCUT2D eigenvalue weighted by molar-refractivity contribution is 9.10. The van der Waals surface area contributed by atoms with Crippen LogP contribution in [0.25, 0.3) is 0 Å². The molecule has 2 N–H and O–H groups in total. The van der Waals surface area contributed by atoms with Crippen molar-refractivity contribution in [1.82, 2.24) is 4.98 Å². The topological polar surface area (TPSA) is 74.4 Å². The van der Waals surface area contributed by atoms with E-state index in [-0.39, 0.29) is 11.4 Å². The maximum atomic E-state index is 13.6. The van der Waals surface area contributed by atoms with Crippen molar-refractivity contribution in [3.05, 3.63) is 51.9 Å². The van der Waals surface area contributed by atoms with Gasteiger partial charge in [0.2, 0.25) is 0 Å². The van der Waals surface area contributed by atoms with Gasteiger partial charge >= 0.3 is 5.97 Å². The number of pyridine rings is 1. The first kappa shape index (κ1) is 17.2. The Balaban J connectivity index is 2.43. The monoisotopic (exact) mass is 382 g/mol. The molecular formula is C16H16BrFN2O3. The van der Waals surface area contributed by atoms with Crippen molar-refractivity contribution < 1.29 is 18.7 Å². The van der Waals surface area contributed by atoms with Gasteiger partial charge in [0.05, 0.1) is 12.7 Å². The molecule has 5 nitrogen and oxygen atoms in total. The van der Waals surface area contributed by atoms with E-state index in [1.807, 2.05) is 6.92 Å². The summed E-state index contributed by atoms with van der Waals surface area (Å²) in [6.45, 7) is 1.86. The van der Waals surface area contributed by atoms with E-state index < -0.39 is 17.9 Å². The molecule has 1 aromatic heterocycles. The first-order valence-corrected chi connectivity index (χ1v) is 7.71. The van der Waals surface area contributed by atoms with Crippen LogP contribution in [0.5, 0.6) is 5.75 Å². The maximum absolute atomic E-state index is 13.6. The van der Waals surface area contributed by atoms with Gasteiger partial charge in [0.15, 0.2) is 11.6 Å². The minimum atomic E-state index is -0.571. The first-order valence-electron chi connectivity index (χ1n) is 6.91. The Labute approximate surface area is 141 Å². The van der Waals surface area contributed by atoms with E-state index in [2.05, 4.69) is 20.9 Å². The number of nitrogens with two attached hydrogens (primary N) is 1. The van der Waals surface area contributed by atoms with Crippen LogP contribution in [0.1, 0.15) is 35.4 Å². The average molecular weight is 383 g/mol. The largest absolute Gasteiger partial charge is 0.482 e. The second kappa shape index (κ2) is 7.41. The highest BCUT2D eigenvalue weighted by Crippen LogP contribution is 2.32. The molecule has 0 radical (unpaired) electrons. The maximum Gasteiger partial charge on any atom is 0.338 e. The molecule has 2 rings (SSSR count). The number of rotatable bonds is 5. The number of ether oxygens (including phenoxy) is 2. The Bertz CT molecular complexity index is 724. The highest BCUT2D eigenvalue weighted by atomic mass is 79.9. The molecule has 0 spiro atoms. The molecule has 2 aromatic rings. The number of hydrogen-bond acceptors (Lipinski definition) is 5. The van der Waals surface area contributed by atoms with Gasteiger partial charge < -0.3 is 15.2 Å². The predicted molar refractivity (Wildman–Crippen MR) is 87.7 cm³/mol. The number of halogens is 2. The number of nitrogen functional groups attached to an aromatic ring is 1. The molecule has 0 aliphatic carbocycles. The minimum Gasteiger partial charge on any atom is -0.482 e. The number of benzene rings is 1. The molecule has 23 heavy (non-hydrogen) atoms. The fraction of sp³-hybridized carbons (Fsp3) is 0.250. The average Bonchev–Trinajstić information content (AvgIpc) is 2.54. The van der Waals surface area contributed by atoms with Crippen molar-refractivity contribution in [2.45, 2.75) is 19.4 Å². The Morgan fingerprint density at radius 3 is 2.83 bits per heavy atom. The third kappa shape index (κ3) is 3.98. The second-order valence-corrected chi connectivity index (χ2v) is 5.69. The van der Waals surface area contributed by atoms with E-state index in [1.165, 1.54) is 25.3 Å². The van der Waals surface area contributed by atoms with Gasteiger partial charge in [0.25, 0.3) is 0 Å². The number of carbonyl (C=O) groups is 1. The van der Waals surface area contributed by atoms with Gasteiger partial charge in [-0.15, -0.1) is 0 Å². The summed E-state index contributed by atoms with van der Waals surface area (Å²) in [7, 11) is 1.27. The number of anilines is 1.